The summed E-state index contributed by atoms with van der Waals surface area (Å²) in [5.74, 6) is 0.554. The summed E-state index contributed by atoms with van der Waals surface area (Å²) in [6, 6.07) is 12.3. The van der Waals surface area contributed by atoms with Crippen molar-refractivity contribution >= 4 is 27.0 Å². The Morgan fingerprint density at radius 3 is 2.55 bits per heavy atom. The first-order valence-corrected chi connectivity index (χ1v) is 9.01. The van der Waals surface area contributed by atoms with Gasteiger partial charge >= 0.3 is 0 Å². The monoisotopic (exact) mass is 334 g/mol. The fourth-order valence-electron chi connectivity index (χ4n) is 1.95. The van der Waals surface area contributed by atoms with Crippen LogP contribution in [-0.4, -0.2) is 13.6 Å². The van der Waals surface area contributed by atoms with Crippen molar-refractivity contribution in [1.82, 2.24) is 5.16 Å². The molecule has 3 rings (SSSR count). The van der Waals surface area contributed by atoms with Crippen LogP contribution in [0.4, 0.5) is 5.69 Å². The average Bonchev–Trinajstić information content (AvgIpc) is 3.19. The summed E-state index contributed by atoms with van der Waals surface area (Å²) in [5, 5.41) is 3.62. The van der Waals surface area contributed by atoms with E-state index >= 15 is 0 Å². The minimum absolute atomic E-state index is 0.235. The molecule has 0 saturated heterocycles. The molecule has 0 unspecified atom stereocenters. The van der Waals surface area contributed by atoms with Gasteiger partial charge in [-0.1, -0.05) is 24.2 Å². The van der Waals surface area contributed by atoms with Crippen LogP contribution in [-0.2, 0) is 16.4 Å². The van der Waals surface area contributed by atoms with Crippen molar-refractivity contribution in [2.75, 3.05) is 4.72 Å². The predicted molar refractivity (Wildman–Crippen MR) is 86.4 cm³/mol. The van der Waals surface area contributed by atoms with Gasteiger partial charge in [0.25, 0.3) is 10.0 Å². The van der Waals surface area contributed by atoms with Crippen LogP contribution < -0.4 is 4.72 Å². The number of hydrogen-bond donors (Lipinski definition) is 1. The van der Waals surface area contributed by atoms with Crippen LogP contribution in [0.3, 0.4) is 0 Å². The van der Waals surface area contributed by atoms with Gasteiger partial charge in [-0.2, -0.15) is 0 Å². The average molecular weight is 334 g/mol. The van der Waals surface area contributed by atoms with E-state index in [1.807, 2.05) is 12.1 Å². The minimum atomic E-state index is -3.60. The molecule has 0 amide bonds. The Bertz CT molecular complexity index is 851. The van der Waals surface area contributed by atoms with E-state index in [1.165, 1.54) is 6.20 Å². The number of aromatic nitrogens is 1. The lowest BCUT2D eigenvalue weighted by molar-refractivity contribution is 0.433. The van der Waals surface area contributed by atoms with Gasteiger partial charge < -0.3 is 4.52 Å². The van der Waals surface area contributed by atoms with Crippen molar-refractivity contribution in [1.29, 1.82) is 0 Å². The van der Waals surface area contributed by atoms with Crippen LogP contribution in [0.25, 0.3) is 10.6 Å². The molecule has 1 N–H and O–H groups in total. The summed E-state index contributed by atoms with van der Waals surface area (Å²) < 4.78 is 32.6. The summed E-state index contributed by atoms with van der Waals surface area (Å²) in [5.41, 5.74) is 1.71. The zero-order chi connectivity index (χ0) is 15.6. The third-order valence-electron chi connectivity index (χ3n) is 3.14. The Morgan fingerprint density at radius 1 is 1.14 bits per heavy atom. The summed E-state index contributed by atoms with van der Waals surface area (Å²) in [4.78, 5) is 0.721. The molecule has 0 aliphatic carbocycles. The zero-order valence-corrected chi connectivity index (χ0v) is 13.4. The van der Waals surface area contributed by atoms with Gasteiger partial charge in [0.15, 0.2) is 5.76 Å². The maximum absolute atomic E-state index is 12.4. The Labute approximate surface area is 132 Å². The Hall–Kier alpha value is -2.12. The van der Waals surface area contributed by atoms with E-state index in [0.29, 0.717) is 11.4 Å². The lowest BCUT2D eigenvalue weighted by Crippen LogP contribution is -2.11. The number of aryl methyl sites for hydroxylation is 1. The van der Waals surface area contributed by atoms with Gasteiger partial charge in [0.1, 0.15) is 4.21 Å². The van der Waals surface area contributed by atoms with Crippen LogP contribution in [0.1, 0.15) is 12.5 Å². The van der Waals surface area contributed by atoms with E-state index in [4.69, 9.17) is 4.52 Å². The summed E-state index contributed by atoms with van der Waals surface area (Å²) in [7, 11) is -3.60. The van der Waals surface area contributed by atoms with Gasteiger partial charge in [0, 0.05) is 11.8 Å². The number of nitrogens with one attached hydrogen (secondary N) is 1. The fourth-order valence-corrected chi connectivity index (χ4v) is 4.28. The molecule has 0 bridgehead atoms. The number of benzene rings is 1. The highest BCUT2D eigenvalue weighted by molar-refractivity contribution is 7.94. The van der Waals surface area contributed by atoms with E-state index in [0.717, 1.165) is 28.2 Å². The smallest absolute Gasteiger partial charge is 0.271 e. The molecule has 0 saturated carbocycles. The first-order chi connectivity index (χ1) is 10.6. The summed E-state index contributed by atoms with van der Waals surface area (Å²) >= 11 is 1.14. The molecule has 22 heavy (non-hydrogen) atoms. The van der Waals surface area contributed by atoms with Gasteiger partial charge in [-0.25, -0.2) is 8.42 Å². The molecule has 0 fully saturated rings. The molecular weight excluding hydrogens is 320 g/mol. The largest absolute Gasteiger partial charge is 0.355 e. The lowest BCUT2D eigenvalue weighted by atomic mass is 10.2. The van der Waals surface area contributed by atoms with Crippen LogP contribution in [0, 0.1) is 0 Å². The molecule has 0 aliphatic heterocycles. The maximum atomic E-state index is 12.4. The zero-order valence-electron chi connectivity index (χ0n) is 11.8. The van der Waals surface area contributed by atoms with E-state index in [2.05, 4.69) is 16.8 Å². The molecule has 7 heteroatoms. The minimum Gasteiger partial charge on any atom is -0.355 e. The topological polar surface area (TPSA) is 72.2 Å². The molecule has 1 aromatic carbocycles. The molecule has 2 aromatic heterocycles. The van der Waals surface area contributed by atoms with Gasteiger partial charge in [-0.3, -0.25) is 4.72 Å². The van der Waals surface area contributed by atoms with E-state index in [9.17, 15) is 8.42 Å². The lowest BCUT2D eigenvalue weighted by Gasteiger charge is -2.06. The number of rotatable bonds is 5. The molecule has 114 valence electrons. The number of anilines is 1. The van der Waals surface area contributed by atoms with Crippen LogP contribution >= 0.6 is 11.3 Å². The van der Waals surface area contributed by atoms with Crippen molar-refractivity contribution in [3.05, 3.63) is 54.2 Å². The van der Waals surface area contributed by atoms with E-state index < -0.39 is 10.0 Å². The first kappa shape index (κ1) is 14.8. The quantitative estimate of drug-likeness (QED) is 0.771. The number of nitrogens with zero attached hydrogens (tertiary/aromatic N) is 1. The van der Waals surface area contributed by atoms with E-state index in [1.54, 1.807) is 30.3 Å². The standard InChI is InChI=1S/C15H14N2O3S2/c1-2-11-3-5-12(6-4-11)17-22(18,19)15-8-7-14(21-15)13-9-10-16-20-13/h3-10,17H,2H2,1H3. The highest BCUT2D eigenvalue weighted by Crippen LogP contribution is 2.31. The SMILES string of the molecule is CCc1ccc(NS(=O)(=O)c2ccc(-c3ccno3)s2)cc1. The summed E-state index contributed by atoms with van der Waals surface area (Å²) in [6.45, 7) is 2.05. The van der Waals surface area contributed by atoms with Crippen molar-refractivity contribution in [3.63, 3.8) is 0 Å². The van der Waals surface area contributed by atoms with Crippen molar-refractivity contribution in [3.8, 4) is 10.6 Å². The van der Waals surface area contributed by atoms with Crippen LogP contribution in [0.2, 0.25) is 0 Å². The van der Waals surface area contributed by atoms with Crippen LogP contribution in [0.5, 0.6) is 0 Å². The number of thiophene rings is 1. The van der Waals surface area contributed by atoms with Gasteiger partial charge in [0.05, 0.1) is 11.1 Å². The van der Waals surface area contributed by atoms with Gasteiger partial charge in [0.2, 0.25) is 0 Å². The van der Waals surface area contributed by atoms with Gasteiger partial charge in [-0.05, 0) is 36.2 Å². The Morgan fingerprint density at radius 2 is 1.91 bits per heavy atom. The molecule has 2 heterocycles. The third kappa shape index (κ3) is 3.05. The molecule has 5 nitrogen and oxygen atoms in total. The second kappa shape index (κ2) is 5.94. The third-order valence-corrected chi connectivity index (χ3v) is 6.11. The van der Waals surface area contributed by atoms with Crippen LogP contribution in [0.15, 0.2) is 57.4 Å². The maximum Gasteiger partial charge on any atom is 0.271 e. The number of hydrogen-bond acceptors (Lipinski definition) is 5. The Balaban J connectivity index is 1.83. The molecule has 0 atom stereocenters. The molecular formula is C15H14N2O3S2. The summed E-state index contributed by atoms with van der Waals surface area (Å²) in [6.07, 6.45) is 2.44. The predicted octanol–water partition coefficient (Wildman–Crippen LogP) is 3.77. The highest BCUT2D eigenvalue weighted by atomic mass is 32.2. The van der Waals surface area contributed by atoms with Crippen molar-refractivity contribution in [2.24, 2.45) is 0 Å². The normalized spacial score (nSPS) is 11.5. The molecule has 0 aliphatic rings. The molecule has 3 aromatic rings. The molecule has 0 spiro atoms. The van der Waals surface area contributed by atoms with Crippen molar-refractivity contribution < 1.29 is 12.9 Å². The second-order valence-electron chi connectivity index (χ2n) is 4.65. The van der Waals surface area contributed by atoms with E-state index in [-0.39, 0.29) is 4.21 Å². The number of sulfonamides is 1. The highest BCUT2D eigenvalue weighted by Gasteiger charge is 2.18. The fraction of sp³-hybridized carbons (Fsp3) is 0.133. The van der Waals surface area contributed by atoms with Crippen molar-refractivity contribution in [2.45, 2.75) is 17.6 Å². The molecule has 0 radical (unpaired) electrons. The van der Waals surface area contributed by atoms with Gasteiger partial charge in [-0.15, -0.1) is 11.3 Å². The first-order valence-electron chi connectivity index (χ1n) is 6.71. The second-order valence-corrected chi connectivity index (χ2v) is 7.64. The Kier molecular flexibility index (Phi) is 4.00.